The molecule has 0 saturated heterocycles. The first-order valence-electron chi connectivity index (χ1n) is 9.07. The Morgan fingerprint density at radius 2 is 1.50 bits per heavy atom. The Kier molecular flexibility index (Phi) is 7.06. The lowest BCUT2D eigenvalue weighted by Gasteiger charge is -2.22. The Morgan fingerprint density at radius 1 is 0.929 bits per heavy atom. The van der Waals surface area contributed by atoms with E-state index in [-0.39, 0.29) is 12.5 Å². The van der Waals surface area contributed by atoms with Crippen LogP contribution < -0.4 is 10.1 Å². The lowest BCUT2D eigenvalue weighted by molar-refractivity contribution is -0.117. The van der Waals surface area contributed by atoms with Crippen molar-refractivity contribution in [2.24, 2.45) is 0 Å². The molecule has 3 aromatic rings. The number of benzene rings is 3. The van der Waals surface area contributed by atoms with Gasteiger partial charge in [0, 0.05) is 18.1 Å². The molecule has 144 valence electrons. The molecule has 0 unspecified atom stereocenters. The average molecular weight is 395 g/mol. The van der Waals surface area contributed by atoms with Crippen LogP contribution in [0.25, 0.3) is 0 Å². The first-order chi connectivity index (χ1) is 13.6. The summed E-state index contributed by atoms with van der Waals surface area (Å²) in [5, 5.41) is 3.46. The maximum Gasteiger partial charge on any atom is 0.238 e. The highest BCUT2D eigenvalue weighted by Crippen LogP contribution is 2.27. The fraction of sp³-hybridized carbons (Fsp3) is 0.174. The van der Waals surface area contributed by atoms with Crippen molar-refractivity contribution in [3.05, 3.63) is 95.0 Å². The Morgan fingerprint density at radius 3 is 2.04 bits per heavy atom. The van der Waals surface area contributed by atoms with Crippen molar-refractivity contribution in [1.29, 1.82) is 0 Å². The summed E-state index contributed by atoms with van der Waals surface area (Å²) < 4.78 is 5.31. The summed E-state index contributed by atoms with van der Waals surface area (Å²) in [6.45, 7) is 1.60. The summed E-state index contributed by atoms with van der Waals surface area (Å²) >= 11 is 6.06. The van der Waals surface area contributed by atoms with Gasteiger partial charge in [-0.05, 0) is 29.3 Å². The van der Waals surface area contributed by atoms with Gasteiger partial charge in [0.2, 0.25) is 5.91 Å². The van der Waals surface area contributed by atoms with E-state index in [0.29, 0.717) is 29.5 Å². The van der Waals surface area contributed by atoms with Gasteiger partial charge in [0.15, 0.2) is 0 Å². The lowest BCUT2D eigenvalue weighted by Crippen LogP contribution is -2.32. The smallest absolute Gasteiger partial charge is 0.238 e. The number of ether oxygens (including phenoxy) is 1. The molecule has 1 N–H and O–H groups in total. The Labute approximate surface area is 170 Å². The zero-order chi connectivity index (χ0) is 19.8. The van der Waals surface area contributed by atoms with Gasteiger partial charge in [-0.3, -0.25) is 9.69 Å². The number of hydrogen-bond donors (Lipinski definition) is 1. The SMILES string of the molecule is COc1ccc(Cl)cc1NC(=O)CN(Cc1ccccc1)Cc1ccccc1. The molecule has 1 amide bonds. The van der Waals surface area contributed by atoms with Gasteiger partial charge in [0.25, 0.3) is 0 Å². The van der Waals surface area contributed by atoms with Crippen LogP contribution in [0.2, 0.25) is 5.02 Å². The second-order valence-electron chi connectivity index (χ2n) is 6.51. The van der Waals surface area contributed by atoms with Crippen LogP contribution in [-0.2, 0) is 17.9 Å². The minimum atomic E-state index is -0.118. The van der Waals surface area contributed by atoms with Gasteiger partial charge in [-0.2, -0.15) is 0 Å². The number of halogens is 1. The molecule has 5 heteroatoms. The Balaban J connectivity index is 1.72. The third kappa shape index (κ3) is 5.84. The molecule has 0 aromatic heterocycles. The minimum Gasteiger partial charge on any atom is -0.495 e. The highest BCUT2D eigenvalue weighted by atomic mass is 35.5. The summed E-state index contributed by atoms with van der Waals surface area (Å²) in [5.41, 5.74) is 2.89. The van der Waals surface area contributed by atoms with Crippen LogP contribution in [0.1, 0.15) is 11.1 Å². The molecule has 28 heavy (non-hydrogen) atoms. The van der Waals surface area contributed by atoms with Crippen molar-refractivity contribution in [3.8, 4) is 5.75 Å². The monoisotopic (exact) mass is 394 g/mol. The van der Waals surface area contributed by atoms with Crippen LogP contribution in [0, 0.1) is 0 Å². The zero-order valence-electron chi connectivity index (χ0n) is 15.8. The number of anilines is 1. The van der Waals surface area contributed by atoms with Gasteiger partial charge in [-0.15, -0.1) is 0 Å². The third-order valence-corrected chi connectivity index (χ3v) is 4.54. The number of methoxy groups -OCH3 is 1. The van der Waals surface area contributed by atoms with Crippen molar-refractivity contribution in [3.63, 3.8) is 0 Å². The van der Waals surface area contributed by atoms with E-state index in [1.165, 1.54) is 0 Å². The predicted octanol–water partition coefficient (Wildman–Crippen LogP) is 4.99. The summed E-state index contributed by atoms with van der Waals surface area (Å²) in [4.78, 5) is 14.8. The topological polar surface area (TPSA) is 41.6 Å². The molecular formula is C23H23ClN2O2. The Hall–Kier alpha value is -2.82. The van der Waals surface area contributed by atoms with Gasteiger partial charge >= 0.3 is 0 Å². The fourth-order valence-corrected chi connectivity index (χ4v) is 3.19. The maximum absolute atomic E-state index is 12.7. The fourth-order valence-electron chi connectivity index (χ4n) is 3.02. The summed E-state index contributed by atoms with van der Waals surface area (Å²) in [5.74, 6) is 0.461. The van der Waals surface area contributed by atoms with Crippen LogP contribution in [0.5, 0.6) is 5.75 Å². The molecule has 3 rings (SSSR count). The average Bonchev–Trinajstić information content (AvgIpc) is 2.69. The van der Waals surface area contributed by atoms with Crippen LogP contribution in [0.3, 0.4) is 0 Å². The first kappa shape index (κ1) is 19.9. The second kappa shape index (κ2) is 9.93. The van der Waals surface area contributed by atoms with Gasteiger partial charge in [0.1, 0.15) is 5.75 Å². The predicted molar refractivity (Wildman–Crippen MR) is 114 cm³/mol. The first-order valence-corrected chi connectivity index (χ1v) is 9.45. The molecule has 0 fully saturated rings. The van der Waals surface area contributed by atoms with Crippen molar-refractivity contribution in [2.75, 3.05) is 19.0 Å². The molecule has 0 radical (unpaired) electrons. The maximum atomic E-state index is 12.7. The second-order valence-corrected chi connectivity index (χ2v) is 6.95. The normalized spacial score (nSPS) is 10.7. The molecule has 0 aliphatic carbocycles. The largest absolute Gasteiger partial charge is 0.495 e. The van der Waals surface area contributed by atoms with Crippen LogP contribution in [0.15, 0.2) is 78.9 Å². The van der Waals surface area contributed by atoms with E-state index >= 15 is 0 Å². The summed E-state index contributed by atoms with van der Waals surface area (Å²) in [7, 11) is 1.57. The third-order valence-electron chi connectivity index (χ3n) is 4.30. The quantitative estimate of drug-likeness (QED) is 0.585. The molecule has 0 aliphatic heterocycles. The number of rotatable bonds is 8. The van der Waals surface area contributed by atoms with E-state index in [1.807, 2.05) is 36.4 Å². The number of hydrogen-bond acceptors (Lipinski definition) is 3. The number of amides is 1. The minimum absolute atomic E-state index is 0.118. The number of carbonyl (C=O) groups is 1. The Bertz CT molecular complexity index is 859. The molecular weight excluding hydrogens is 372 g/mol. The molecule has 3 aromatic carbocycles. The van der Waals surface area contributed by atoms with Crippen molar-refractivity contribution in [2.45, 2.75) is 13.1 Å². The lowest BCUT2D eigenvalue weighted by atomic mass is 10.1. The van der Waals surface area contributed by atoms with E-state index in [9.17, 15) is 4.79 Å². The van der Waals surface area contributed by atoms with Crippen molar-refractivity contribution in [1.82, 2.24) is 4.90 Å². The standard InChI is InChI=1S/C23H23ClN2O2/c1-28-22-13-12-20(24)14-21(22)25-23(27)17-26(15-18-8-4-2-5-9-18)16-19-10-6-3-7-11-19/h2-14H,15-17H2,1H3,(H,25,27). The highest BCUT2D eigenvalue weighted by molar-refractivity contribution is 6.31. The van der Waals surface area contributed by atoms with E-state index < -0.39 is 0 Å². The van der Waals surface area contributed by atoms with E-state index in [4.69, 9.17) is 16.3 Å². The zero-order valence-corrected chi connectivity index (χ0v) is 16.5. The van der Waals surface area contributed by atoms with E-state index in [1.54, 1.807) is 25.3 Å². The molecule has 4 nitrogen and oxygen atoms in total. The van der Waals surface area contributed by atoms with Crippen LogP contribution in [0.4, 0.5) is 5.69 Å². The molecule has 0 aliphatic rings. The highest BCUT2D eigenvalue weighted by Gasteiger charge is 2.14. The molecule has 0 saturated carbocycles. The van der Waals surface area contributed by atoms with Crippen LogP contribution in [-0.4, -0.2) is 24.5 Å². The van der Waals surface area contributed by atoms with Crippen LogP contribution >= 0.6 is 11.6 Å². The van der Waals surface area contributed by atoms with Gasteiger partial charge in [-0.25, -0.2) is 0 Å². The summed E-state index contributed by atoms with van der Waals surface area (Å²) in [6, 6.07) is 25.4. The van der Waals surface area contributed by atoms with Gasteiger partial charge in [0.05, 0.1) is 19.3 Å². The molecule has 0 bridgehead atoms. The number of nitrogens with one attached hydrogen (secondary N) is 1. The molecule has 0 spiro atoms. The van der Waals surface area contributed by atoms with Crippen molar-refractivity contribution >= 4 is 23.2 Å². The van der Waals surface area contributed by atoms with Gasteiger partial charge < -0.3 is 10.1 Å². The van der Waals surface area contributed by atoms with Gasteiger partial charge in [-0.1, -0.05) is 72.3 Å². The number of nitrogens with zero attached hydrogens (tertiary/aromatic N) is 1. The molecule has 0 heterocycles. The van der Waals surface area contributed by atoms with E-state index in [0.717, 1.165) is 11.1 Å². The summed E-state index contributed by atoms with van der Waals surface area (Å²) in [6.07, 6.45) is 0. The number of carbonyl (C=O) groups excluding carboxylic acids is 1. The van der Waals surface area contributed by atoms with E-state index in [2.05, 4.69) is 34.5 Å². The molecule has 0 atom stereocenters. The van der Waals surface area contributed by atoms with Crippen molar-refractivity contribution < 1.29 is 9.53 Å².